The molecule has 82 valence electrons. The van der Waals surface area contributed by atoms with Gasteiger partial charge >= 0.3 is 0 Å². The Hall–Kier alpha value is -0.820. The SMILES string of the molecule is OCCCc1cccc(C2CCCC2)c1. The van der Waals surface area contributed by atoms with Crippen molar-refractivity contribution < 1.29 is 5.11 Å². The van der Waals surface area contributed by atoms with Gasteiger partial charge in [-0.1, -0.05) is 37.1 Å². The number of aliphatic hydroxyl groups excluding tert-OH is 1. The zero-order valence-electron chi connectivity index (χ0n) is 9.28. The molecule has 0 bridgehead atoms. The van der Waals surface area contributed by atoms with Crippen LogP contribution in [0.5, 0.6) is 0 Å². The zero-order chi connectivity index (χ0) is 10.5. The molecule has 1 aromatic carbocycles. The summed E-state index contributed by atoms with van der Waals surface area (Å²) in [5.41, 5.74) is 2.90. The zero-order valence-corrected chi connectivity index (χ0v) is 9.28. The molecule has 1 aromatic rings. The Labute approximate surface area is 92.1 Å². The van der Waals surface area contributed by atoms with Crippen LogP contribution < -0.4 is 0 Å². The highest BCUT2D eigenvalue weighted by Gasteiger charge is 2.16. The van der Waals surface area contributed by atoms with Crippen LogP contribution in [0.4, 0.5) is 0 Å². The molecule has 1 N–H and O–H groups in total. The number of rotatable bonds is 4. The number of hydrogen-bond donors (Lipinski definition) is 1. The van der Waals surface area contributed by atoms with E-state index in [1.165, 1.54) is 36.8 Å². The van der Waals surface area contributed by atoms with Crippen LogP contribution in [0.3, 0.4) is 0 Å². The maximum atomic E-state index is 8.81. The Morgan fingerprint density at radius 2 is 2.00 bits per heavy atom. The van der Waals surface area contributed by atoms with Gasteiger partial charge in [0.25, 0.3) is 0 Å². The summed E-state index contributed by atoms with van der Waals surface area (Å²) in [7, 11) is 0. The minimum absolute atomic E-state index is 0.299. The molecule has 1 saturated carbocycles. The van der Waals surface area contributed by atoms with Crippen LogP contribution >= 0.6 is 0 Å². The van der Waals surface area contributed by atoms with Gasteiger partial charge in [-0.2, -0.15) is 0 Å². The molecule has 15 heavy (non-hydrogen) atoms. The lowest BCUT2D eigenvalue weighted by Crippen LogP contribution is -1.95. The molecule has 0 amide bonds. The summed E-state index contributed by atoms with van der Waals surface area (Å²) in [6, 6.07) is 8.94. The van der Waals surface area contributed by atoms with Gasteiger partial charge in [-0.25, -0.2) is 0 Å². The van der Waals surface area contributed by atoms with Gasteiger partial charge in [0, 0.05) is 6.61 Å². The van der Waals surface area contributed by atoms with E-state index < -0.39 is 0 Å². The number of aryl methyl sites for hydroxylation is 1. The summed E-state index contributed by atoms with van der Waals surface area (Å²) in [6.07, 6.45) is 7.41. The molecule has 0 radical (unpaired) electrons. The molecule has 1 aliphatic rings. The van der Waals surface area contributed by atoms with Crippen LogP contribution in [0, 0.1) is 0 Å². The van der Waals surface area contributed by atoms with Crippen LogP contribution in [0.2, 0.25) is 0 Å². The van der Waals surface area contributed by atoms with Crippen LogP contribution in [0.25, 0.3) is 0 Å². The second-order valence-corrected chi connectivity index (χ2v) is 4.55. The molecule has 0 heterocycles. The van der Waals surface area contributed by atoms with E-state index in [1.807, 2.05) is 0 Å². The van der Waals surface area contributed by atoms with E-state index in [0.29, 0.717) is 6.61 Å². The van der Waals surface area contributed by atoms with Crippen molar-refractivity contribution in [3.05, 3.63) is 35.4 Å². The average Bonchev–Trinajstić information content (AvgIpc) is 2.80. The quantitative estimate of drug-likeness (QED) is 0.798. The van der Waals surface area contributed by atoms with E-state index in [-0.39, 0.29) is 0 Å². The standard InChI is InChI=1S/C14H20O/c15-10-4-6-12-5-3-9-14(11-12)13-7-1-2-8-13/h3,5,9,11,13,15H,1-2,4,6-8,10H2. The Morgan fingerprint density at radius 1 is 1.20 bits per heavy atom. The predicted molar refractivity (Wildman–Crippen MR) is 63.1 cm³/mol. The van der Waals surface area contributed by atoms with Crippen molar-refractivity contribution in [2.24, 2.45) is 0 Å². The number of hydrogen-bond acceptors (Lipinski definition) is 1. The fourth-order valence-corrected chi connectivity index (χ4v) is 2.54. The fraction of sp³-hybridized carbons (Fsp3) is 0.571. The summed E-state index contributed by atoms with van der Waals surface area (Å²) < 4.78 is 0. The first kappa shape index (κ1) is 10.7. The Morgan fingerprint density at radius 3 is 2.73 bits per heavy atom. The highest BCUT2D eigenvalue weighted by atomic mass is 16.2. The maximum Gasteiger partial charge on any atom is 0.0434 e. The predicted octanol–water partition coefficient (Wildman–Crippen LogP) is 3.27. The molecule has 0 aromatic heterocycles. The first-order chi connectivity index (χ1) is 7.40. The van der Waals surface area contributed by atoms with E-state index in [4.69, 9.17) is 5.11 Å². The molecular formula is C14H20O. The summed E-state index contributed by atoms with van der Waals surface area (Å²) in [4.78, 5) is 0. The van der Waals surface area contributed by atoms with Gasteiger partial charge in [-0.05, 0) is 42.7 Å². The first-order valence-electron chi connectivity index (χ1n) is 6.10. The lowest BCUT2D eigenvalue weighted by Gasteiger charge is -2.10. The Kier molecular flexibility index (Phi) is 3.79. The van der Waals surface area contributed by atoms with E-state index in [1.54, 1.807) is 0 Å². The molecule has 1 heteroatoms. The Bertz CT molecular complexity index is 300. The molecule has 0 aliphatic heterocycles. The average molecular weight is 204 g/mol. The first-order valence-corrected chi connectivity index (χ1v) is 6.10. The molecule has 1 nitrogen and oxygen atoms in total. The van der Waals surface area contributed by atoms with E-state index in [9.17, 15) is 0 Å². The van der Waals surface area contributed by atoms with Gasteiger partial charge in [0.05, 0.1) is 0 Å². The van der Waals surface area contributed by atoms with Crippen molar-refractivity contribution in [1.82, 2.24) is 0 Å². The monoisotopic (exact) mass is 204 g/mol. The number of aliphatic hydroxyl groups is 1. The topological polar surface area (TPSA) is 20.2 Å². The minimum Gasteiger partial charge on any atom is -0.396 e. The van der Waals surface area contributed by atoms with Gasteiger partial charge in [0.2, 0.25) is 0 Å². The normalized spacial score (nSPS) is 17.1. The molecule has 1 fully saturated rings. The van der Waals surface area contributed by atoms with E-state index in [0.717, 1.165) is 18.8 Å². The Balaban J connectivity index is 2.04. The molecule has 2 rings (SSSR count). The van der Waals surface area contributed by atoms with Crippen molar-refractivity contribution in [2.45, 2.75) is 44.4 Å². The fourth-order valence-electron chi connectivity index (χ4n) is 2.54. The third-order valence-electron chi connectivity index (χ3n) is 3.40. The molecular weight excluding hydrogens is 184 g/mol. The minimum atomic E-state index is 0.299. The second-order valence-electron chi connectivity index (χ2n) is 4.55. The van der Waals surface area contributed by atoms with E-state index >= 15 is 0 Å². The van der Waals surface area contributed by atoms with Gasteiger partial charge in [0.15, 0.2) is 0 Å². The van der Waals surface area contributed by atoms with Crippen LogP contribution in [0.1, 0.15) is 49.1 Å². The van der Waals surface area contributed by atoms with Gasteiger partial charge < -0.3 is 5.11 Å². The number of benzene rings is 1. The lowest BCUT2D eigenvalue weighted by atomic mass is 9.95. The molecule has 0 unspecified atom stereocenters. The maximum absolute atomic E-state index is 8.81. The smallest absolute Gasteiger partial charge is 0.0434 e. The third kappa shape index (κ3) is 2.82. The van der Waals surface area contributed by atoms with Crippen LogP contribution in [-0.4, -0.2) is 11.7 Å². The van der Waals surface area contributed by atoms with Crippen molar-refractivity contribution in [3.63, 3.8) is 0 Å². The second kappa shape index (κ2) is 5.32. The summed E-state index contributed by atoms with van der Waals surface area (Å²) in [6.45, 7) is 0.299. The van der Waals surface area contributed by atoms with Crippen LogP contribution in [0.15, 0.2) is 24.3 Å². The van der Waals surface area contributed by atoms with Gasteiger partial charge in [0.1, 0.15) is 0 Å². The largest absolute Gasteiger partial charge is 0.396 e. The van der Waals surface area contributed by atoms with Crippen molar-refractivity contribution in [1.29, 1.82) is 0 Å². The highest BCUT2D eigenvalue weighted by molar-refractivity contribution is 5.27. The molecule has 0 saturated heterocycles. The molecule has 0 atom stereocenters. The van der Waals surface area contributed by atoms with Crippen molar-refractivity contribution in [3.8, 4) is 0 Å². The van der Waals surface area contributed by atoms with Gasteiger partial charge in [-0.15, -0.1) is 0 Å². The van der Waals surface area contributed by atoms with Crippen molar-refractivity contribution in [2.75, 3.05) is 6.61 Å². The summed E-state index contributed by atoms with van der Waals surface area (Å²) in [5.74, 6) is 0.805. The lowest BCUT2D eigenvalue weighted by molar-refractivity contribution is 0.288. The summed E-state index contributed by atoms with van der Waals surface area (Å²) in [5, 5.41) is 8.81. The molecule has 0 spiro atoms. The third-order valence-corrected chi connectivity index (χ3v) is 3.40. The van der Waals surface area contributed by atoms with Gasteiger partial charge in [-0.3, -0.25) is 0 Å². The summed E-state index contributed by atoms with van der Waals surface area (Å²) >= 11 is 0. The van der Waals surface area contributed by atoms with E-state index in [2.05, 4.69) is 24.3 Å². The highest BCUT2D eigenvalue weighted by Crippen LogP contribution is 2.34. The van der Waals surface area contributed by atoms with Crippen LogP contribution in [-0.2, 0) is 6.42 Å². The molecule has 1 aliphatic carbocycles. The van der Waals surface area contributed by atoms with Crippen molar-refractivity contribution >= 4 is 0 Å².